The van der Waals surface area contributed by atoms with Crippen molar-refractivity contribution in [2.24, 2.45) is 0 Å². The van der Waals surface area contributed by atoms with Crippen LogP contribution in [0.1, 0.15) is 18.9 Å². The van der Waals surface area contributed by atoms with E-state index >= 15 is 0 Å². The molecule has 0 aliphatic heterocycles. The fourth-order valence-corrected chi connectivity index (χ4v) is 3.44. The van der Waals surface area contributed by atoms with Gasteiger partial charge in [-0.25, -0.2) is 9.18 Å². The van der Waals surface area contributed by atoms with Crippen LogP contribution in [0.15, 0.2) is 62.6 Å². The number of aryl methyl sites for hydroxylation is 1. The Bertz CT molecular complexity index is 1070. The Hall–Kier alpha value is -2.67. The normalized spacial score (nSPS) is 11.6. The Morgan fingerprint density at radius 1 is 1.08 bits per heavy atom. The van der Waals surface area contributed by atoms with Crippen molar-refractivity contribution < 1.29 is 21.4 Å². The molecule has 1 aromatic heterocycles. The number of hydrogen-bond donors (Lipinski definition) is 0. The first-order chi connectivity index (χ1) is 11.9. The SMILES string of the molecule is CCCc1cc(=O)oc2cc(OS(=O)(=O)c3ccc(F)cc3)ccc12. The molecule has 0 aliphatic carbocycles. The molecule has 7 heteroatoms. The van der Waals surface area contributed by atoms with Crippen LogP contribution in [0.25, 0.3) is 11.0 Å². The van der Waals surface area contributed by atoms with Crippen molar-refractivity contribution in [3.63, 3.8) is 0 Å². The highest BCUT2D eigenvalue weighted by Gasteiger charge is 2.17. The molecule has 130 valence electrons. The van der Waals surface area contributed by atoms with E-state index in [0.717, 1.165) is 41.6 Å². The average Bonchev–Trinajstić information content (AvgIpc) is 2.54. The van der Waals surface area contributed by atoms with Crippen LogP contribution in [-0.2, 0) is 16.5 Å². The topological polar surface area (TPSA) is 73.6 Å². The van der Waals surface area contributed by atoms with Crippen molar-refractivity contribution in [1.29, 1.82) is 0 Å². The van der Waals surface area contributed by atoms with Crippen LogP contribution >= 0.6 is 0 Å². The Morgan fingerprint density at radius 2 is 1.80 bits per heavy atom. The molecule has 3 aromatic rings. The van der Waals surface area contributed by atoms with Crippen molar-refractivity contribution in [2.75, 3.05) is 0 Å². The van der Waals surface area contributed by atoms with E-state index < -0.39 is 21.6 Å². The summed E-state index contributed by atoms with van der Waals surface area (Å²) in [4.78, 5) is 11.5. The van der Waals surface area contributed by atoms with Crippen LogP contribution in [0.5, 0.6) is 5.75 Å². The molecule has 0 aliphatic rings. The standard InChI is InChI=1S/C18H15FO5S/c1-2-3-12-10-18(20)23-17-11-14(6-9-16(12)17)24-25(21,22)15-7-4-13(19)5-8-15/h4-11H,2-3H2,1H3. The van der Waals surface area contributed by atoms with Gasteiger partial charge in [0.1, 0.15) is 22.0 Å². The molecular formula is C18H15FO5S. The summed E-state index contributed by atoms with van der Waals surface area (Å²) in [6.07, 6.45) is 1.56. The first-order valence-corrected chi connectivity index (χ1v) is 9.07. The van der Waals surface area contributed by atoms with Crippen molar-refractivity contribution >= 4 is 21.1 Å². The second kappa shape index (κ2) is 6.68. The van der Waals surface area contributed by atoms with Gasteiger partial charge in [0, 0.05) is 17.5 Å². The van der Waals surface area contributed by atoms with E-state index in [-0.39, 0.29) is 16.2 Å². The summed E-state index contributed by atoms with van der Waals surface area (Å²) in [6.45, 7) is 1.99. The van der Waals surface area contributed by atoms with E-state index in [0.29, 0.717) is 6.42 Å². The Labute approximate surface area is 143 Å². The smallest absolute Gasteiger partial charge is 0.339 e. The maximum atomic E-state index is 12.9. The van der Waals surface area contributed by atoms with Crippen LogP contribution < -0.4 is 9.81 Å². The predicted octanol–water partition coefficient (Wildman–Crippen LogP) is 3.65. The molecule has 5 nitrogen and oxygen atoms in total. The molecular weight excluding hydrogens is 347 g/mol. The van der Waals surface area contributed by atoms with Crippen LogP contribution in [0.4, 0.5) is 4.39 Å². The van der Waals surface area contributed by atoms with Gasteiger partial charge in [0.25, 0.3) is 0 Å². The van der Waals surface area contributed by atoms with E-state index in [2.05, 4.69) is 0 Å². The van der Waals surface area contributed by atoms with Gasteiger partial charge < -0.3 is 8.60 Å². The van der Waals surface area contributed by atoms with E-state index in [9.17, 15) is 17.6 Å². The van der Waals surface area contributed by atoms with Crippen molar-refractivity contribution in [3.8, 4) is 5.75 Å². The third-order valence-electron chi connectivity index (χ3n) is 3.63. The lowest BCUT2D eigenvalue weighted by atomic mass is 10.1. The molecule has 2 aromatic carbocycles. The van der Waals surface area contributed by atoms with Gasteiger partial charge in [0.15, 0.2) is 0 Å². The van der Waals surface area contributed by atoms with Crippen molar-refractivity contribution in [2.45, 2.75) is 24.7 Å². The highest BCUT2D eigenvalue weighted by molar-refractivity contribution is 7.87. The molecule has 0 N–H and O–H groups in total. The zero-order chi connectivity index (χ0) is 18.0. The van der Waals surface area contributed by atoms with E-state index in [1.54, 1.807) is 6.07 Å². The lowest BCUT2D eigenvalue weighted by Crippen LogP contribution is -2.10. The van der Waals surface area contributed by atoms with E-state index in [1.165, 1.54) is 18.2 Å². The minimum atomic E-state index is -4.12. The Kier molecular flexibility index (Phi) is 4.59. The zero-order valence-electron chi connectivity index (χ0n) is 13.4. The number of hydrogen-bond acceptors (Lipinski definition) is 5. The zero-order valence-corrected chi connectivity index (χ0v) is 14.2. The summed E-state index contributed by atoms with van der Waals surface area (Å²) in [7, 11) is -4.12. The molecule has 0 spiro atoms. The summed E-state index contributed by atoms with van der Waals surface area (Å²) < 4.78 is 47.6. The van der Waals surface area contributed by atoms with Crippen molar-refractivity contribution in [1.82, 2.24) is 0 Å². The van der Waals surface area contributed by atoms with Gasteiger partial charge in [0.05, 0.1) is 0 Å². The van der Waals surface area contributed by atoms with Gasteiger partial charge in [-0.3, -0.25) is 0 Å². The highest BCUT2D eigenvalue weighted by atomic mass is 32.2. The third-order valence-corrected chi connectivity index (χ3v) is 4.89. The van der Waals surface area contributed by atoms with E-state index in [4.69, 9.17) is 8.60 Å². The molecule has 25 heavy (non-hydrogen) atoms. The minimum absolute atomic E-state index is 0.00798. The average molecular weight is 362 g/mol. The third kappa shape index (κ3) is 3.71. The van der Waals surface area contributed by atoms with Crippen LogP contribution in [0.2, 0.25) is 0 Å². The maximum absolute atomic E-state index is 12.9. The van der Waals surface area contributed by atoms with Gasteiger partial charge in [-0.05, 0) is 48.4 Å². The second-order valence-corrected chi connectivity index (χ2v) is 7.04. The molecule has 0 bridgehead atoms. The molecule has 0 unspecified atom stereocenters. The molecule has 0 saturated heterocycles. The summed E-state index contributed by atoms with van der Waals surface area (Å²) in [5.41, 5.74) is 0.582. The van der Waals surface area contributed by atoms with Gasteiger partial charge >= 0.3 is 15.7 Å². The summed E-state index contributed by atoms with van der Waals surface area (Å²) in [5, 5.41) is 0.730. The summed E-state index contributed by atoms with van der Waals surface area (Å²) in [5.74, 6) is -0.538. The first kappa shape index (κ1) is 17.2. The van der Waals surface area contributed by atoms with Gasteiger partial charge in [-0.1, -0.05) is 13.3 Å². The lowest BCUT2D eigenvalue weighted by molar-refractivity contribution is 0.484. The summed E-state index contributed by atoms with van der Waals surface area (Å²) >= 11 is 0. The van der Waals surface area contributed by atoms with Gasteiger partial charge in [-0.15, -0.1) is 0 Å². The molecule has 0 atom stereocenters. The Morgan fingerprint density at radius 3 is 2.48 bits per heavy atom. The molecule has 0 amide bonds. The number of halogens is 1. The monoisotopic (exact) mass is 362 g/mol. The Balaban J connectivity index is 1.99. The largest absolute Gasteiger partial charge is 0.423 e. The fraction of sp³-hybridized carbons (Fsp3) is 0.167. The number of benzene rings is 2. The number of fused-ring (bicyclic) bond motifs is 1. The van der Waals surface area contributed by atoms with Crippen LogP contribution in [-0.4, -0.2) is 8.42 Å². The van der Waals surface area contributed by atoms with Gasteiger partial charge in [-0.2, -0.15) is 8.42 Å². The first-order valence-electron chi connectivity index (χ1n) is 7.66. The fourth-order valence-electron chi connectivity index (χ4n) is 2.51. The van der Waals surface area contributed by atoms with Gasteiger partial charge in [0.2, 0.25) is 0 Å². The summed E-state index contributed by atoms with van der Waals surface area (Å²) in [6, 6.07) is 10.2. The molecule has 0 saturated carbocycles. The maximum Gasteiger partial charge on any atom is 0.339 e. The van der Waals surface area contributed by atoms with Crippen LogP contribution in [0.3, 0.4) is 0 Å². The molecule has 0 radical (unpaired) electrons. The van der Waals surface area contributed by atoms with E-state index in [1.807, 2.05) is 6.92 Å². The quantitative estimate of drug-likeness (QED) is 0.512. The molecule has 0 fully saturated rings. The highest BCUT2D eigenvalue weighted by Crippen LogP contribution is 2.26. The minimum Gasteiger partial charge on any atom is -0.423 e. The second-order valence-electron chi connectivity index (χ2n) is 5.49. The molecule has 1 heterocycles. The van der Waals surface area contributed by atoms with Crippen molar-refractivity contribution in [3.05, 3.63) is 70.3 Å². The van der Waals surface area contributed by atoms with Crippen LogP contribution in [0, 0.1) is 5.82 Å². The molecule has 3 rings (SSSR count). The number of rotatable bonds is 5. The predicted molar refractivity (Wildman–Crippen MR) is 90.7 cm³/mol. The lowest BCUT2D eigenvalue weighted by Gasteiger charge is -2.09.